The van der Waals surface area contributed by atoms with E-state index in [9.17, 15) is 0 Å². The van der Waals surface area contributed by atoms with Gasteiger partial charge in [0.2, 0.25) is 0 Å². The van der Waals surface area contributed by atoms with Crippen LogP contribution in [0.2, 0.25) is 0 Å². The zero-order valence-electron chi connectivity index (χ0n) is 9.09. The van der Waals surface area contributed by atoms with Gasteiger partial charge in [0.25, 0.3) is 0 Å². The lowest BCUT2D eigenvalue weighted by atomic mass is 9.96. The molecule has 0 spiro atoms. The van der Waals surface area contributed by atoms with E-state index >= 15 is 0 Å². The van der Waals surface area contributed by atoms with Crippen molar-refractivity contribution in [1.82, 2.24) is 0 Å². The number of rotatable bonds is 5. The third-order valence-corrected chi connectivity index (χ3v) is 3.63. The van der Waals surface area contributed by atoms with E-state index in [1.807, 2.05) is 0 Å². The molecule has 78 valence electrons. The smallest absolute Gasteiger partial charge is 0.0162 e. The lowest BCUT2D eigenvalue weighted by Crippen LogP contribution is -2.01. The van der Waals surface area contributed by atoms with Gasteiger partial charge in [-0.25, -0.2) is 0 Å². The zero-order valence-corrected chi connectivity index (χ0v) is 11.3. The normalized spacial score (nSPS) is 12.8. The summed E-state index contributed by atoms with van der Waals surface area (Å²) in [5.41, 5.74) is 1.51. The van der Waals surface area contributed by atoms with Crippen molar-refractivity contribution in [2.45, 2.75) is 39.5 Å². The second kappa shape index (κ2) is 6.44. The van der Waals surface area contributed by atoms with Gasteiger partial charge in [-0.1, -0.05) is 51.3 Å². The molecule has 1 heteroatoms. The molecule has 0 fully saturated rings. The number of hydrogen-bond donors (Lipinski definition) is 0. The van der Waals surface area contributed by atoms with Crippen molar-refractivity contribution in [2.24, 2.45) is 5.92 Å². The van der Waals surface area contributed by atoms with Crippen molar-refractivity contribution in [3.63, 3.8) is 0 Å². The van der Waals surface area contributed by atoms with Gasteiger partial charge in [0, 0.05) is 3.57 Å². The second-order valence-corrected chi connectivity index (χ2v) is 5.21. The Hall–Kier alpha value is -0.0500. The minimum absolute atomic E-state index is 0.825. The highest BCUT2D eigenvalue weighted by atomic mass is 127. The van der Waals surface area contributed by atoms with E-state index < -0.39 is 0 Å². The third-order valence-electron chi connectivity index (χ3n) is 2.58. The van der Waals surface area contributed by atoms with E-state index in [0.29, 0.717) is 0 Å². The molecule has 0 aliphatic carbocycles. The molecule has 14 heavy (non-hydrogen) atoms. The van der Waals surface area contributed by atoms with Crippen LogP contribution in [0.4, 0.5) is 0 Å². The molecule has 0 aliphatic rings. The quantitative estimate of drug-likeness (QED) is 0.694. The highest BCUT2D eigenvalue weighted by molar-refractivity contribution is 14.1. The Morgan fingerprint density at radius 3 is 2.64 bits per heavy atom. The van der Waals surface area contributed by atoms with Gasteiger partial charge < -0.3 is 0 Å². The van der Waals surface area contributed by atoms with Gasteiger partial charge in [-0.05, 0) is 46.6 Å². The molecular weight excluding hydrogens is 283 g/mol. The van der Waals surface area contributed by atoms with Crippen LogP contribution in [0.25, 0.3) is 0 Å². The first-order chi connectivity index (χ1) is 6.74. The molecule has 0 heterocycles. The van der Waals surface area contributed by atoms with E-state index in [1.165, 1.54) is 34.8 Å². The van der Waals surface area contributed by atoms with Crippen LogP contribution >= 0.6 is 22.6 Å². The molecule has 0 radical (unpaired) electrons. The molecule has 0 nitrogen and oxygen atoms in total. The van der Waals surface area contributed by atoms with E-state index in [-0.39, 0.29) is 0 Å². The van der Waals surface area contributed by atoms with Crippen molar-refractivity contribution in [3.8, 4) is 0 Å². The first kappa shape index (κ1) is 12.0. The summed E-state index contributed by atoms with van der Waals surface area (Å²) in [4.78, 5) is 0. The zero-order chi connectivity index (χ0) is 10.4. The second-order valence-electron chi connectivity index (χ2n) is 4.04. The standard InChI is InChI=1S/C13H19I/c1-3-4-7-11(2)10-12-8-5-6-9-13(12)14/h5-6,8-9,11H,3-4,7,10H2,1-2H3. The molecule has 1 rings (SSSR count). The molecule has 0 saturated carbocycles. The minimum atomic E-state index is 0.825. The predicted molar refractivity (Wildman–Crippen MR) is 71.6 cm³/mol. The summed E-state index contributed by atoms with van der Waals surface area (Å²) in [5.74, 6) is 0.825. The Bertz CT molecular complexity index is 268. The van der Waals surface area contributed by atoms with Gasteiger partial charge in [-0.3, -0.25) is 0 Å². The van der Waals surface area contributed by atoms with Crippen molar-refractivity contribution in [2.75, 3.05) is 0 Å². The van der Waals surface area contributed by atoms with E-state index in [2.05, 4.69) is 60.7 Å². The Labute approximate surface area is 101 Å². The summed E-state index contributed by atoms with van der Waals surface area (Å²) in [6.07, 6.45) is 5.28. The Morgan fingerprint density at radius 1 is 1.29 bits per heavy atom. The number of benzene rings is 1. The molecule has 0 aliphatic heterocycles. The molecule has 0 amide bonds. The van der Waals surface area contributed by atoms with Crippen molar-refractivity contribution < 1.29 is 0 Å². The first-order valence-corrected chi connectivity index (χ1v) is 6.55. The van der Waals surface area contributed by atoms with Crippen LogP contribution in [0.3, 0.4) is 0 Å². The third kappa shape index (κ3) is 3.99. The van der Waals surface area contributed by atoms with Crippen LogP contribution < -0.4 is 0 Å². The lowest BCUT2D eigenvalue weighted by molar-refractivity contribution is 0.503. The molecule has 1 aromatic rings. The summed E-state index contributed by atoms with van der Waals surface area (Å²) in [6, 6.07) is 8.71. The van der Waals surface area contributed by atoms with Gasteiger partial charge in [0.15, 0.2) is 0 Å². The van der Waals surface area contributed by atoms with E-state index in [1.54, 1.807) is 0 Å². The highest BCUT2D eigenvalue weighted by Crippen LogP contribution is 2.18. The lowest BCUT2D eigenvalue weighted by Gasteiger charge is -2.11. The van der Waals surface area contributed by atoms with Gasteiger partial charge >= 0.3 is 0 Å². The average molecular weight is 302 g/mol. The maximum atomic E-state index is 2.43. The molecule has 1 unspecified atom stereocenters. The number of unbranched alkanes of at least 4 members (excludes halogenated alkanes) is 1. The minimum Gasteiger partial charge on any atom is -0.0654 e. The van der Waals surface area contributed by atoms with Crippen LogP contribution in [0.5, 0.6) is 0 Å². The van der Waals surface area contributed by atoms with Crippen LogP contribution in [0.1, 0.15) is 38.7 Å². The Balaban J connectivity index is 2.47. The summed E-state index contributed by atoms with van der Waals surface area (Å²) < 4.78 is 1.41. The number of hydrogen-bond acceptors (Lipinski definition) is 0. The predicted octanol–water partition coefficient (Wildman–Crippen LogP) is 4.66. The molecule has 1 aromatic carbocycles. The van der Waals surface area contributed by atoms with Crippen LogP contribution in [-0.2, 0) is 6.42 Å². The highest BCUT2D eigenvalue weighted by Gasteiger charge is 2.05. The van der Waals surface area contributed by atoms with Crippen molar-refractivity contribution >= 4 is 22.6 Å². The fourth-order valence-corrected chi connectivity index (χ4v) is 2.30. The molecule has 1 atom stereocenters. The SMILES string of the molecule is CCCCC(C)Cc1ccccc1I. The summed E-state index contributed by atoms with van der Waals surface area (Å²) in [5, 5.41) is 0. The van der Waals surface area contributed by atoms with Crippen LogP contribution in [-0.4, -0.2) is 0 Å². The van der Waals surface area contributed by atoms with Crippen LogP contribution in [0, 0.1) is 9.49 Å². The number of halogens is 1. The van der Waals surface area contributed by atoms with Crippen molar-refractivity contribution in [3.05, 3.63) is 33.4 Å². The van der Waals surface area contributed by atoms with Crippen LogP contribution in [0.15, 0.2) is 24.3 Å². The monoisotopic (exact) mass is 302 g/mol. The van der Waals surface area contributed by atoms with E-state index in [4.69, 9.17) is 0 Å². The molecular formula is C13H19I. The summed E-state index contributed by atoms with van der Waals surface area (Å²) in [6.45, 7) is 4.62. The molecule has 0 aromatic heterocycles. The topological polar surface area (TPSA) is 0 Å². The van der Waals surface area contributed by atoms with Gasteiger partial charge in [0.05, 0.1) is 0 Å². The fraction of sp³-hybridized carbons (Fsp3) is 0.538. The van der Waals surface area contributed by atoms with Gasteiger partial charge in [-0.2, -0.15) is 0 Å². The maximum Gasteiger partial charge on any atom is 0.0162 e. The maximum absolute atomic E-state index is 2.43. The molecule has 0 saturated heterocycles. The Morgan fingerprint density at radius 2 is 2.00 bits per heavy atom. The first-order valence-electron chi connectivity index (χ1n) is 5.47. The molecule has 0 bridgehead atoms. The van der Waals surface area contributed by atoms with Crippen molar-refractivity contribution in [1.29, 1.82) is 0 Å². The van der Waals surface area contributed by atoms with Gasteiger partial charge in [-0.15, -0.1) is 0 Å². The largest absolute Gasteiger partial charge is 0.0654 e. The average Bonchev–Trinajstić information content (AvgIpc) is 2.18. The van der Waals surface area contributed by atoms with Gasteiger partial charge in [0.1, 0.15) is 0 Å². The molecule has 0 N–H and O–H groups in total. The summed E-state index contributed by atoms with van der Waals surface area (Å²) >= 11 is 2.43. The Kier molecular flexibility index (Phi) is 5.53. The van der Waals surface area contributed by atoms with E-state index in [0.717, 1.165) is 5.92 Å². The summed E-state index contributed by atoms with van der Waals surface area (Å²) in [7, 11) is 0. The fourth-order valence-electron chi connectivity index (χ4n) is 1.69.